The second-order valence-electron chi connectivity index (χ2n) is 8.21. The lowest BCUT2D eigenvalue weighted by molar-refractivity contribution is -0.385. The van der Waals surface area contributed by atoms with Gasteiger partial charge in [0.25, 0.3) is 5.69 Å². The average Bonchev–Trinajstić information content (AvgIpc) is 2.65. The molecule has 0 aromatic heterocycles. The number of nitrogens with zero attached hydrogens (tertiary/aromatic N) is 2. The summed E-state index contributed by atoms with van der Waals surface area (Å²) in [6.07, 6.45) is -1.57. The van der Waals surface area contributed by atoms with Gasteiger partial charge < -0.3 is 9.47 Å². The summed E-state index contributed by atoms with van der Waals surface area (Å²) in [5.74, 6) is -0.640. The van der Waals surface area contributed by atoms with Gasteiger partial charge in [0.05, 0.1) is 23.2 Å². The highest BCUT2D eigenvalue weighted by atomic mass is 32.2. The zero-order chi connectivity index (χ0) is 22.1. The van der Waals surface area contributed by atoms with Crippen molar-refractivity contribution in [3.8, 4) is 0 Å². The van der Waals surface area contributed by atoms with E-state index in [1.165, 1.54) is 11.8 Å². The van der Waals surface area contributed by atoms with Gasteiger partial charge in [-0.25, -0.2) is 13.6 Å². The third-order valence-corrected chi connectivity index (χ3v) is 5.91. The van der Waals surface area contributed by atoms with Crippen molar-refractivity contribution in [1.82, 2.24) is 5.32 Å². The van der Waals surface area contributed by atoms with Crippen LogP contribution in [0.4, 0.5) is 19.3 Å². The molecule has 30 heavy (non-hydrogen) atoms. The fourth-order valence-electron chi connectivity index (χ4n) is 3.58. The van der Waals surface area contributed by atoms with Crippen molar-refractivity contribution in [3.05, 3.63) is 39.7 Å². The van der Waals surface area contributed by atoms with E-state index >= 15 is 0 Å². The molecular weight excluding hydrogens is 420 g/mol. The molecule has 0 spiro atoms. The van der Waals surface area contributed by atoms with Gasteiger partial charge in [0.15, 0.2) is 5.17 Å². The van der Waals surface area contributed by atoms with Crippen LogP contribution in [0.1, 0.15) is 32.8 Å². The Balaban J connectivity index is 2.05. The van der Waals surface area contributed by atoms with Crippen molar-refractivity contribution in [3.63, 3.8) is 0 Å². The molecule has 1 aromatic rings. The molecule has 3 rings (SSSR count). The molecule has 3 atom stereocenters. The van der Waals surface area contributed by atoms with Crippen LogP contribution in [0.5, 0.6) is 0 Å². The Kier molecular flexibility index (Phi) is 6.32. The van der Waals surface area contributed by atoms with Gasteiger partial charge in [-0.15, -0.1) is 0 Å². The molecule has 1 saturated heterocycles. The highest BCUT2D eigenvalue weighted by molar-refractivity contribution is 8.13. The maximum Gasteiger partial charge on any atom is 0.413 e. The number of fused-ring (bicyclic) bond motifs is 1. The number of carbonyl (C=O) groups is 1. The predicted molar refractivity (Wildman–Crippen MR) is 108 cm³/mol. The number of non-ortho nitro benzene ring substituents is 1. The fourth-order valence-corrected chi connectivity index (χ4v) is 4.70. The lowest BCUT2D eigenvalue weighted by Gasteiger charge is -2.46. The van der Waals surface area contributed by atoms with Crippen molar-refractivity contribution in [2.75, 3.05) is 19.0 Å². The van der Waals surface area contributed by atoms with Crippen LogP contribution < -0.4 is 5.32 Å². The molecule has 2 aliphatic rings. The number of aliphatic imine (C=N–C) groups is 1. The molecule has 164 valence electrons. The van der Waals surface area contributed by atoms with E-state index in [-0.39, 0.29) is 35.4 Å². The molecule has 1 N–H and O–H groups in total. The van der Waals surface area contributed by atoms with E-state index in [0.717, 1.165) is 18.2 Å². The number of rotatable bonds is 3. The van der Waals surface area contributed by atoms with E-state index in [0.29, 0.717) is 5.75 Å². The molecule has 0 unspecified atom stereocenters. The summed E-state index contributed by atoms with van der Waals surface area (Å²) >= 11 is 1.23. The van der Waals surface area contributed by atoms with E-state index in [1.807, 2.05) is 0 Å². The minimum Gasteiger partial charge on any atom is -0.444 e. The van der Waals surface area contributed by atoms with Gasteiger partial charge in [0, 0.05) is 35.8 Å². The van der Waals surface area contributed by atoms with Gasteiger partial charge in [0.2, 0.25) is 0 Å². The van der Waals surface area contributed by atoms with Crippen molar-refractivity contribution in [2.45, 2.75) is 44.4 Å². The van der Waals surface area contributed by atoms with Crippen LogP contribution in [0.3, 0.4) is 0 Å². The van der Waals surface area contributed by atoms with Crippen molar-refractivity contribution in [2.24, 2.45) is 10.9 Å². The first-order chi connectivity index (χ1) is 14.0. The highest BCUT2D eigenvalue weighted by Gasteiger charge is 2.50. The molecule has 1 amide bonds. The molecule has 1 aromatic carbocycles. The first-order valence-electron chi connectivity index (χ1n) is 9.39. The molecule has 2 aliphatic heterocycles. The third-order valence-electron chi connectivity index (χ3n) is 4.88. The van der Waals surface area contributed by atoms with E-state index in [1.54, 1.807) is 20.8 Å². The van der Waals surface area contributed by atoms with Gasteiger partial charge in [-0.1, -0.05) is 11.8 Å². The monoisotopic (exact) mass is 443 g/mol. The smallest absolute Gasteiger partial charge is 0.413 e. The van der Waals surface area contributed by atoms with Gasteiger partial charge in [-0.05, 0) is 26.8 Å². The fraction of sp³-hybridized carbons (Fsp3) is 0.579. The maximum atomic E-state index is 14.9. The number of alkyl halides is 1. The Hall–Kier alpha value is -2.27. The Bertz CT molecular complexity index is 876. The van der Waals surface area contributed by atoms with Gasteiger partial charge >= 0.3 is 6.09 Å². The Morgan fingerprint density at radius 1 is 1.50 bits per heavy atom. The van der Waals surface area contributed by atoms with Crippen LogP contribution in [-0.2, 0) is 15.0 Å². The number of benzene rings is 1. The number of hydrogen-bond acceptors (Lipinski definition) is 7. The number of nitrogens with one attached hydrogen (secondary N) is 1. The summed E-state index contributed by atoms with van der Waals surface area (Å²) in [7, 11) is 0. The zero-order valence-electron chi connectivity index (χ0n) is 16.8. The largest absolute Gasteiger partial charge is 0.444 e. The summed E-state index contributed by atoms with van der Waals surface area (Å²) in [6, 6.07) is 3.21. The normalized spacial score (nSPS) is 26.4. The lowest BCUT2D eigenvalue weighted by Crippen LogP contribution is -2.51. The molecular formula is C19H23F2N3O5S. The lowest BCUT2D eigenvalue weighted by atomic mass is 9.73. The van der Waals surface area contributed by atoms with Gasteiger partial charge in [-0.3, -0.25) is 20.4 Å². The number of ether oxygens (including phenoxy) is 2. The summed E-state index contributed by atoms with van der Waals surface area (Å²) in [6.45, 7) is 4.45. The van der Waals surface area contributed by atoms with Crippen LogP contribution in [0.2, 0.25) is 0 Å². The number of halogens is 2. The van der Waals surface area contributed by atoms with Crippen LogP contribution in [0.15, 0.2) is 23.2 Å². The third kappa shape index (κ3) is 4.72. The van der Waals surface area contributed by atoms with Crippen molar-refractivity contribution >= 4 is 28.7 Å². The standard InChI is InChI=1S/C19H23F2N3O5S/c1-18(2,3)29-17(25)22-16-23-19(7-13(8-20)28-9-11(19)10-30-16)14-6-12(24(26)27)4-5-15(14)21/h4-6,11,13H,7-10H2,1-3H3,(H,22,23,25)/t11-,13+,19-/m0/s1. The maximum absolute atomic E-state index is 14.9. The van der Waals surface area contributed by atoms with E-state index in [2.05, 4.69) is 10.3 Å². The molecule has 11 heteroatoms. The minimum absolute atomic E-state index is 0.00719. The summed E-state index contributed by atoms with van der Waals surface area (Å²) in [5.41, 5.74) is -2.33. The quantitative estimate of drug-likeness (QED) is 0.561. The minimum atomic E-state index is -1.30. The number of nitro benzene ring substituents is 1. The molecule has 0 radical (unpaired) electrons. The Morgan fingerprint density at radius 3 is 2.87 bits per heavy atom. The van der Waals surface area contributed by atoms with Gasteiger partial charge in [-0.2, -0.15) is 0 Å². The topological polar surface area (TPSA) is 103 Å². The predicted octanol–water partition coefficient (Wildman–Crippen LogP) is 3.93. The van der Waals surface area contributed by atoms with E-state index in [4.69, 9.17) is 9.47 Å². The Morgan fingerprint density at radius 2 is 2.23 bits per heavy atom. The molecule has 1 fully saturated rings. The zero-order valence-corrected chi connectivity index (χ0v) is 17.6. The van der Waals surface area contributed by atoms with Gasteiger partial charge in [0.1, 0.15) is 18.1 Å². The van der Waals surface area contributed by atoms with E-state index in [9.17, 15) is 23.7 Å². The molecule has 0 aliphatic carbocycles. The number of hydrogen-bond donors (Lipinski definition) is 1. The summed E-state index contributed by atoms with van der Waals surface area (Å²) < 4.78 is 39.1. The number of nitro groups is 1. The number of carbonyl (C=O) groups excluding carboxylic acids is 1. The second kappa shape index (κ2) is 8.46. The number of alkyl carbamates (subject to hydrolysis) is 1. The van der Waals surface area contributed by atoms with Crippen LogP contribution in [0, 0.1) is 21.8 Å². The number of amides is 1. The molecule has 0 saturated carbocycles. The first kappa shape index (κ1) is 22.4. The Labute approximate surface area is 176 Å². The highest BCUT2D eigenvalue weighted by Crippen LogP contribution is 2.48. The SMILES string of the molecule is CC(C)(C)OC(=O)NC1=N[C@@]2(c3cc([N+](=O)[O-])ccc3F)C[C@H](CF)OC[C@H]2CS1. The first-order valence-corrected chi connectivity index (χ1v) is 10.4. The molecule has 2 heterocycles. The van der Waals surface area contributed by atoms with E-state index < -0.39 is 40.8 Å². The molecule has 0 bridgehead atoms. The summed E-state index contributed by atoms with van der Waals surface area (Å²) in [5, 5.41) is 14.0. The number of thioether (sulfide) groups is 1. The van der Waals surface area contributed by atoms with Crippen molar-refractivity contribution < 1.29 is 28.0 Å². The molecule has 8 nitrogen and oxygen atoms in total. The second-order valence-corrected chi connectivity index (χ2v) is 9.22. The van der Waals surface area contributed by atoms with Crippen LogP contribution in [0.25, 0.3) is 0 Å². The summed E-state index contributed by atoms with van der Waals surface area (Å²) in [4.78, 5) is 27.4. The van der Waals surface area contributed by atoms with Crippen molar-refractivity contribution in [1.29, 1.82) is 0 Å². The average molecular weight is 443 g/mol. The van der Waals surface area contributed by atoms with Crippen LogP contribution in [-0.4, -0.2) is 46.9 Å². The number of amidine groups is 1. The van der Waals surface area contributed by atoms with Crippen LogP contribution >= 0.6 is 11.8 Å².